The Morgan fingerprint density at radius 2 is 1.15 bits per heavy atom. The lowest BCUT2D eigenvalue weighted by Gasteiger charge is -2.37. The van der Waals surface area contributed by atoms with Gasteiger partial charge in [0.1, 0.15) is 22.4 Å². The predicted molar refractivity (Wildman–Crippen MR) is 174 cm³/mol. The summed E-state index contributed by atoms with van der Waals surface area (Å²) in [6.45, 7) is 12.3. The fourth-order valence-corrected chi connectivity index (χ4v) is 5.87. The number of para-hydroxylation sites is 1. The molecule has 0 aliphatic carbocycles. The third kappa shape index (κ3) is 12.5. The van der Waals surface area contributed by atoms with Gasteiger partial charge in [-0.05, 0) is 69.0 Å². The molecule has 0 bridgehead atoms. The summed E-state index contributed by atoms with van der Waals surface area (Å²) in [6.07, 6.45) is 14.0. The number of hydrogen-bond donors (Lipinski definition) is 0. The van der Waals surface area contributed by atoms with Crippen LogP contribution in [0.5, 0.6) is 0 Å². The first kappa shape index (κ1) is 34.7. The Hall–Kier alpha value is -2.47. The molecule has 0 heterocycles. The highest BCUT2D eigenvalue weighted by Crippen LogP contribution is 2.26. The normalized spacial score (nSPS) is 11.6. The van der Waals surface area contributed by atoms with Crippen molar-refractivity contribution in [3.05, 3.63) is 95.6 Å². The van der Waals surface area contributed by atoms with Crippen molar-refractivity contribution in [2.24, 2.45) is 0 Å². The maximum absolute atomic E-state index is 10.8. The van der Waals surface area contributed by atoms with Crippen LogP contribution >= 0.6 is 0 Å². The molecule has 0 spiro atoms. The molecule has 0 saturated carbocycles. The van der Waals surface area contributed by atoms with Gasteiger partial charge in [-0.3, -0.25) is 4.48 Å². The van der Waals surface area contributed by atoms with Crippen molar-refractivity contribution in [1.82, 2.24) is 4.48 Å². The van der Waals surface area contributed by atoms with Gasteiger partial charge < -0.3 is 4.55 Å². The second kappa shape index (κ2) is 18.9. The molecule has 0 atom stereocenters. The molecule has 3 aromatic carbocycles. The first-order chi connectivity index (χ1) is 19.8. The summed E-state index contributed by atoms with van der Waals surface area (Å²) in [5.74, 6) is 0. The average molecular weight is 580 g/mol. The molecule has 0 radical (unpaired) electrons. The van der Waals surface area contributed by atoms with Gasteiger partial charge >= 0.3 is 0 Å². The van der Waals surface area contributed by atoms with E-state index in [2.05, 4.69) is 82.3 Å². The van der Waals surface area contributed by atoms with Gasteiger partial charge in [0.15, 0.2) is 0 Å². The van der Waals surface area contributed by atoms with Crippen molar-refractivity contribution in [2.75, 3.05) is 13.1 Å². The molecule has 0 N–H and O–H groups in total. The van der Waals surface area contributed by atoms with E-state index in [0.717, 1.165) is 42.5 Å². The first-order valence-corrected chi connectivity index (χ1v) is 17.2. The highest BCUT2D eigenvalue weighted by Gasteiger charge is 2.27. The van der Waals surface area contributed by atoms with Crippen molar-refractivity contribution >= 4 is 15.8 Å². The Bertz CT molecular complexity index is 1200. The Kier molecular flexibility index (Phi) is 16.0. The van der Waals surface area contributed by atoms with Crippen LogP contribution in [0, 0.1) is 6.92 Å². The quantitative estimate of drug-likeness (QED) is 0.0909. The standard InChI is InChI=1S/C18H24N.C18H30O3S/c1-4-19(5-2,18-13-7-6-8-14-18)15-17-12-10-9-11-16(17)3;1-2-3-4-5-6-7-8-9-10-11-12-17-13-15-18(16-14-17)22(19,20)21/h6-14H,4-5,15H2,1-3H3;13-16H,2-12H2,1H3,(H,19,20,21)/q+1;/p-1. The van der Waals surface area contributed by atoms with Crippen LogP contribution in [0.1, 0.15) is 102 Å². The molecule has 0 saturated heterocycles. The van der Waals surface area contributed by atoms with Crippen LogP contribution in [0.3, 0.4) is 0 Å². The monoisotopic (exact) mass is 579 g/mol. The lowest BCUT2D eigenvalue weighted by molar-refractivity contribution is 0.291. The molecule has 3 rings (SSSR count). The summed E-state index contributed by atoms with van der Waals surface area (Å²) in [5.41, 5.74) is 5.36. The average Bonchev–Trinajstić information content (AvgIpc) is 2.98. The van der Waals surface area contributed by atoms with Crippen molar-refractivity contribution in [1.29, 1.82) is 0 Å². The van der Waals surface area contributed by atoms with Gasteiger partial charge in [0.25, 0.3) is 0 Å². The van der Waals surface area contributed by atoms with Gasteiger partial charge in [0, 0.05) is 5.56 Å². The minimum Gasteiger partial charge on any atom is -0.744 e. The number of nitrogens with zero attached hydrogens (tertiary/aromatic N) is 1. The van der Waals surface area contributed by atoms with Crippen LogP contribution in [-0.2, 0) is 23.1 Å². The number of aryl methyl sites for hydroxylation is 2. The van der Waals surface area contributed by atoms with E-state index in [1.807, 2.05) is 0 Å². The lowest BCUT2D eigenvalue weighted by atomic mass is 10.0. The van der Waals surface area contributed by atoms with Gasteiger partial charge in [-0.2, -0.15) is 0 Å². The molecule has 5 heteroatoms. The third-order valence-electron chi connectivity index (χ3n) is 8.28. The third-order valence-corrected chi connectivity index (χ3v) is 9.13. The molecule has 0 aliphatic heterocycles. The van der Waals surface area contributed by atoms with E-state index in [4.69, 9.17) is 0 Å². The molecule has 4 nitrogen and oxygen atoms in total. The summed E-state index contributed by atoms with van der Waals surface area (Å²) in [5, 5.41) is 0. The summed E-state index contributed by atoms with van der Waals surface area (Å²) in [7, 11) is -4.31. The van der Waals surface area contributed by atoms with Crippen molar-refractivity contribution in [3.8, 4) is 0 Å². The smallest absolute Gasteiger partial charge is 0.133 e. The van der Waals surface area contributed by atoms with Gasteiger partial charge in [-0.25, -0.2) is 8.42 Å². The Labute approximate surface area is 251 Å². The largest absolute Gasteiger partial charge is 0.744 e. The van der Waals surface area contributed by atoms with Crippen LogP contribution in [-0.4, -0.2) is 26.1 Å². The first-order valence-electron chi connectivity index (χ1n) is 15.8. The van der Waals surface area contributed by atoms with Gasteiger partial charge in [-0.1, -0.05) is 119 Å². The van der Waals surface area contributed by atoms with Crippen LogP contribution in [0.15, 0.2) is 83.8 Å². The van der Waals surface area contributed by atoms with Crippen molar-refractivity contribution in [2.45, 2.75) is 110 Å². The van der Waals surface area contributed by atoms with E-state index in [1.54, 1.807) is 12.1 Å². The molecule has 41 heavy (non-hydrogen) atoms. The lowest BCUT2D eigenvalue weighted by Crippen LogP contribution is -2.48. The summed E-state index contributed by atoms with van der Waals surface area (Å²) in [6, 6.07) is 25.9. The van der Waals surface area contributed by atoms with E-state index in [-0.39, 0.29) is 4.90 Å². The summed E-state index contributed by atoms with van der Waals surface area (Å²) >= 11 is 0. The maximum atomic E-state index is 10.8. The number of unbranched alkanes of at least 4 members (excludes halogenated alkanes) is 9. The van der Waals surface area contributed by atoms with E-state index in [1.165, 1.54) is 86.7 Å². The fraction of sp³-hybridized carbons (Fsp3) is 0.500. The van der Waals surface area contributed by atoms with Gasteiger partial charge in [-0.15, -0.1) is 0 Å². The second-order valence-electron chi connectivity index (χ2n) is 11.2. The highest BCUT2D eigenvalue weighted by atomic mass is 32.2. The highest BCUT2D eigenvalue weighted by molar-refractivity contribution is 7.85. The predicted octanol–water partition coefficient (Wildman–Crippen LogP) is 9.60. The van der Waals surface area contributed by atoms with Gasteiger partial charge in [0.2, 0.25) is 0 Å². The molecule has 0 unspecified atom stereocenters. The van der Waals surface area contributed by atoms with Crippen LogP contribution < -0.4 is 4.48 Å². The number of quaternary nitrogens is 1. The molecule has 0 aromatic heterocycles. The zero-order chi connectivity index (χ0) is 30.0. The molecule has 0 amide bonds. The minimum absolute atomic E-state index is 0.140. The van der Waals surface area contributed by atoms with E-state index < -0.39 is 10.1 Å². The zero-order valence-corrected chi connectivity index (χ0v) is 26.8. The molecule has 0 aliphatic rings. The summed E-state index contributed by atoms with van der Waals surface area (Å²) < 4.78 is 33.5. The van der Waals surface area contributed by atoms with E-state index in [9.17, 15) is 13.0 Å². The minimum atomic E-state index is -4.31. The zero-order valence-electron chi connectivity index (χ0n) is 26.0. The Morgan fingerprint density at radius 1 is 0.634 bits per heavy atom. The number of benzene rings is 3. The number of rotatable bonds is 17. The maximum Gasteiger partial charge on any atom is 0.133 e. The van der Waals surface area contributed by atoms with Crippen molar-refractivity contribution < 1.29 is 13.0 Å². The topological polar surface area (TPSA) is 57.2 Å². The second-order valence-corrected chi connectivity index (χ2v) is 12.6. The molecule has 3 aromatic rings. The molecular formula is C36H53NO3S. The Morgan fingerprint density at radius 3 is 1.66 bits per heavy atom. The molecule has 0 fully saturated rings. The summed E-state index contributed by atoms with van der Waals surface area (Å²) in [4.78, 5) is -0.140. The van der Waals surface area contributed by atoms with Crippen LogP contribution in [0.2, 0.25) is 0 Å². The van der Waals surface area contributed by atoms with E-state index in [0.29, 0.717) is 0 Å². The fourth-order valence-electron chi connectivity index (χ4n) is 5.40. The van der Waals surface area contributed by atoms with Crippen LogP contribution in [0.4, 0.5) is 5.69 Å². The van der Waals surface area contributed by atoms with E-state index >= 15 is 0 Å². The SMILES string of the molecule is CCCCCCCCCCCCc1ccc(S(=O)(=O)[O-])cc1.CC[N+](CC)(Cc1ccccc1C)c1ccccc1. The molecular weight excluding hydrogens is 526 g/mol. The Balaban J connectivity index is 0.000000289. The number of hydrogen-bond acceptors (Lipinski definition) is 3. The van der Waals surface area contributed by atoms with Crippen LogP contribution in [0.25, 0.3) is 0 Å². The molecule has 226 valence electrons. The van der Waals surface area contributed by atoms with Gasteiger partial charge in [0.05, 0.1) is 18.0 Å². The van der Waals surface area contributed by atoms with Crippen molar-refractivity contribution in [3.63, 3.8) is 0 Å².